The summed E-state index contributed by atoms with van der Waals surface area (Å²) in [4.78, 5) is 42.8. The third kappa shape index (κ3) is 4.45. The van der Waals surface area contributed by atoms with Crippen molar-refractivity contribution in [3.05, 3.63) is 57.0 Å². The number of rotatable bonds is 6. The Balaban J connectivity index is 1.50. The molecule has 1 amide bonds. The first kappa shape index (κ1) is 22.2. The van der Waals surface area contributed by atoms with Crippen LogP contribution in [-0.2, 0) is 14.2 Å². The molecular formula is C21H26N4O7. The molecule has 0 unspecified atom stereocenters. The van der Waals surface area contributed by atoms with Crippen LogP contribution >= 0.6 is 0 Å². The number of hydrogen-bond acceptors (Lipinski definition) is 8. The number of ether oxygens (including phenoxy) is 4. The molecule has 172 valence electrons. The van der Waals surface area contributed by atoms with Crippen molar-refractivity contribution in [2.75, 3.05) is 19.8 Å². The van der Waals surface area contributed by atoms with E-state index in [-0.39, 0.29) is 24.9 Å². The van der Waals surface area contributed by atoms with Gasteiger partial charge in [-0.15, -0.1) is 0 Å². The number of carbonyl (C=O) groups is 1. The molecule has 4 heterocycles. The number of aromatic amines is 1. The molecule has 4 rings (SSSR count). The zero-order valence-corrected chi connectivity index (χ0v) is 18.1. The van der Waals surface area contributed by atoms with Gasteiger partial charge in [0.1, 0.15) is 23.9 Å². The van der Waals surface area contributed by atoms with Gasteiger partial charge in [-0.05, 0) is 32.9 Å². The van der Waals surface area contributed by atoms with Crippen molar-refractivity contribution in [3.8, 4) is 5.88 Å². The van der Waals surface area contributed by atoms with Gasteiger partial charge in [-0.2, -0.15) is 0 Å². The van der Waals surface area contributed by atoms with Crippen LogP contribution in [0.2, 0.25) is 0 Å². The lowest BCUT2D eigenvalue weighted by Gasteiger charge is -2.37. The van der Waals surface area contributed by atoms with Crippen molar-refractivity contribution in [1.82, 2.24) is 19.9 Å². The summed E-state index contributed by atoms with van der Waals surface area (Å²) in [7, 11) is 0. The van der Waals surface area contributed by atoms with E-state index in [2.05, 4.69) is 15.3 Å². The van der Waals surface area contributed by atoms with Crippen molar-refractivity contribution >= 4 is 5.91 Å². The number of H-pyrrole nitrogens is 1. The smallest absolute Gasteiger partial charge is 0.328 e. The maximum Gasteiger partial charge on any atom is 0.328 e. The van der Waals surface area contributed by atoms with Gasteiger partial charge in [0, 0.05) is 25.0 Å². The van der Waals surface area contributed by atoms with Gasteiger partial charge < -0.3 is 24.3 Å². The normalized spacial score (nSPS) is 26.3. The first-order valence-corrected chi connectivity index (χ1v) is 10.4. The molecule has 2 aliphatic rings. The summed E-state index contributed by atoms with van der Waals surface area (Å²) in [6.45, 7) is 6.06. The lowest BCUT2D eigenvalue weighted by atomic mass is 9.97. The fourth-order valence-electron chi connectivity index (χ4n) is 4.02. The van der Waals surface area contributed by atoms with Crippen LogP contribution in [0.1, 0.15) is 37.2 Å². The van der Waals surface area contributed by atoms with Gasteiger partial charge in [0.2, 0.25) is 5.88 Å². The van der Waals surface area contributed by atoms with E-state index in [1.54, 1.807) is 32.2 Å². The fraction of sp³-hybridized carbons (Fsp3) is 0.524. The second-order valence-corrected chi connectivity index (χ2v) is 8.02. The number of pyridine rings is 1. The number of nitrogens with one attached hydrogen (secondary N) is 2. The van der Waals surface area contributed by atoms with E-state index in [9.17, 15) is 14.4 Å². The minimum Gasteiger partial charge on any atom is -0.477 e. The highest BCUT2D eigenvalue weighted by Gasteiger charge is 2.52. The molecule has 0 saturated carbocycles. The summed E-state index contributed by atoms with van der Waals surface area (Å²) < 4.78 is 24.9. The molecule has 0 spiro atoms. The van der Waals surface area contributed by atoms with Gasteiger partial charge in [-0.3, -0.25) is 19.1 Å². The molecular weight excluding hydrogens is 420 g/mol. The van der Waals surface area contributed by atoms with Crippen LogP contribution in [0.25, 0.3) is 0 Å². The molecule has 2 saturated heterocycles. The van der Waals surface area contributed by atoms with Crippen LogP contribution in [0.5, 0.6) is 5.88 Å². The first-order chi connectivity index (χ1) is 15.3. The third-order valence-corrected chi connectivity index (χ3v) is 5.36. The summed E-state index contributed by atoms with van der Waals surface area (Å²) in [5.41, 5.74) is -0.709. The monoisotopic (exact) mass is 446 g/mol. The molecule has 11 heteroatoms. The predicted molar refractivity (Wildman–Crippen MR) is 112 cm³/mol. The van der Waals surface area contributed by atoms with E-state index in [4.69, 9.17) is 18.9 Å². The van der Waals surface area contributed by atoms with Crippen LogP contribution in [0.15, 0.2) is 40.2 Å². The molecule has 2 aromatic rings. The maximum absolute atomic E-state index is 12.7. The summed E-state index contributed by atoms with van der Waals surface area (Å²) in [6.07, 6.45) is 1.42. The molecule has 0 aromatic carbocycles. The van der Waals surface area contributed by atoms with E-state index in [1.807, 2.05) is 6.92 Å². The zero-order valence-electron chi connectivity index (χ0n) is 18.1. The molecule has 11 nitrogen and oxygen atoms in total. The van der Waals surface area contributed by atoms with Gasteiger partial charge >= 0.3 is 5.69 Å². The third-order valence-electron chi connectivity index (χ3n) is 5.36. The highest BCUT2D eigenvalue weighted by molar-refractivity contribution is 5.96. The van der Waals surface area contributed by atoms with Crippen LogP contribution in [0.3, 0.4) is 0 Å². The highest BCUT2D eigenvalue weighted by atomic mass is 16.8. The molecule has 0 aliphatic carbocycles. The number of aromatic nitrogens is 3. The first-order valence-electron chi connectivity index (χ1n) is 10.4. The Kier molecular flexibility index (Phi) is 6.13. The van der Waals surface area contributed by atoms with Crippen molar-refractivity contribution in [1.29, 1.82) is 0 Å². The van der Waals surface area contributed by atoms with Crippen LogP contribution < -0.4 is 21.3 Å². The highest BCUT2D eigenvalue weighted by Crippen LogP contribution is 2.39. The average Bonchev–Trinajstić information content (AvgIpc) is 3.08. The van der Waals surface area contributed by atoms with Crippen molar-refractivity contribution in [2.45, 2.75) is 50.9 Å². The molecule has 32 heavy (non-hydrogen) atoms. The van der Waals surface area contributed by atoms with E-state index in [0.717, 1.165) is 0 Å². The van der Waals surface area contributed by atoms with E-state index in [1.165, 1.54) is 16.8 Å². The number of nitrogens with zero attached hydrogens (tertiary/aromatic N) is 2. The lowest BCUT2D eigenvalue weighted by molar-refractivity contribution is -0.153. The number of carbonyl (C=O) groups excluding carboxylic acids is 1. The van der Waals surface area contributed by atoms with E-state index >= 15 is 0 Å². The van der Waals surface area contributed by atoms with Crippen molar-refractivity contribution in [3.63, 3.8) is 0 Å². The Morgan fingerprint density at radius 3 is 2.84 bits per heavy atom. The minimum atomic E-state index is -0.902. The van der Waals surface area contributed by atoms with Gasteiger partial charge in [-0.25, -0.2) is 9.78 Å². The summed E-state index contributed by atoms with van der Waals surface area (Å²) >= 11 is 0. The Morgan fingerprint density at radius 1 is 1.31 bits per heavy atom. The van der Waals surface area contributed by atoms with Crippen LogP contribution in [0.4, 0.5) is 0 Å². The van der Waals surface area contributed by atoms with Crippen LogP contribution in [0, 0.1) is 0 Å². The van der Waals surface area contributed by atoms with Gasteiger partial charge in [0.25, 0.3) is 11.5 Å². The molecule has 2 fully saturated rings. The Labute approximate surface area is 183 Å². The predicted octanol–water partition coefficient (Wildman–Crippen LogP) is 0.220. The molecule has 2 aliphatic heterocycles. The molecule has 0 radical (unpaired) electrons. The summed E-state index contributed by atoms with van der Waals surface area (Å²) in [5.74, 6) is -0.992. The second-order valence-electron chi connectivity index (χ2n) is 8.02. The maximum atomic E-state index is 12.7. The second kappa shape index (κ2) is 8.85. The summed E-state index contributed by atoms with van der Waals surface area (Å²) in [5, 5.41) is 2.85. The van der Waals surface area contributed by atoms with Gasteiger partial charge in [-0.1, -0.05) is 0 Å². The standard InChI is InChI=1S/C21H26N4O7/c1-4-29-19-12(6-5-8-22-19)18(27)23-10-14-17-16(31-21(2,3)32-17)13(11-30-14)25-9-7-15(26)24-20(25)28/h5-9,13-14,16-17H,4,10-11H2,1-3H3,(H,23,27)(H,24,26,28)/t13-,14-,16+,17-/m1/s1. The Morgan fingerprint density at radius 2 is 2.09 bits per heavy atom. The van der Waals surface area contributed by atoms with Gasteiger partial charge in [0.05, 0.1) is 19.3 Å². The Hall–Kier alpha value is -3.02. The molecule has 0 bridgehead atoms. The average molecular weight is 446 g/mol. The van der Waals surface area contributed by atoms with Crippen molar-refractivity contribution in [2.24, 2.45) is 0 Å². The fourth-order valence-corrected chi connectivity index (χ4v) is 4.02. The number of hydrogen-bond donors (Lipinski definition) is 2. The minimum absolute atomic E-state index is 0.143. The molecule has 4 atom stereocenters. The van der Waals surface area contributed by atoms with Crippen LogP contribution in [-0.4, -0.2) is 64.3 Å². The topological polar surface area (TPSA) is 134 Å². The number of amides is 1. The lowest BCUT2D eigenvalue weighted by Crippen LogP contribution is -2.54. The van der Waals surface area contributed by atoms with Crippen molar-refractivity contribution < 1.29 is 23.7 Å². The quantitative estimate of drug-likeness (QED) is 0.644. The summed E-state index contributed by atoms with van der Waals surface area (Å²) in [6, 6.07) is 4.07. The van der Waals surface area contributed by atoms with E-state index in [0.29, 0.717) is 12.2 Å². The largest absolute Gasteiger partial charge is 0.477 e. The van der Waals surface area contributed by atoms with Gasteiger partial charge in [0.15, 0.2) is 5.79 Å². The number of fused-ring (bicyclic) bond motifs is 1. The SMILES string of the molecule is CCOc1ncccc1C(=O)NC[C@H]1OC[C@@H](n2ccc(=O)[nH]c2=O)[C@@H]2OC(C)(C)O[C@@H]21. The molecule has 2 N–H and O–H groups in total. The zero-order chi connectivity index (χ0) is 22.9. The molecule has 2 aromatic heterocycles. The Bertz CT molecular complexity index is 1100. The van der Waals surface area contributed by atoms with E-state index < -0.39 is 41.4 Å².